The molecule has 1 aliphatic carbocycles. The zero-order chi connectivity index (χ0) is 10.7. The van der Waals surface area contributed by atoms with Crippen LogP contribution < -0.4 is 5.73 Å². The maximum absolute atomic E-state index is 6.08. The molecule has 84 valence electrons. The summed E-state index contributed by atoms with van der Waals surface area (Å²) in [5.74, 6) is 1.87. The molecule has 0 aromatic carbocycles. The van der Waals surface area contributed by atoms with E-state index in [-0.39, 0.29) is 6.04 Å². The van der Waals surface area contributed by atoms with Gasteiger partial charge in [-0.3, -0.25) is 0 Å². The molecule has 1 atom stereocenters. The first-order valence-electron chi connectivity index (χ1n) is 5.51. The van der Waals surface area contributed by atoms with Gasteiger partial charge in [0.05, 0.1) is 10.7 Å². The molecule has 1 aromatic heterocycles. The standard InChI is InChI=1S/C11H18N2S2/c1-14-6-5-9(12)10-7-15-11(13-10)8-3-2-4-8/h7-9H,2-6,12H2,1H3. The summed E-state index contributed by atoms with van der Waals surface area (Å²) in [6, 6.07) is 0.141. The highest BCUT2D eigenvalue weighted by Crippen LogP contribution is 2.38. The van der Waals surface area contributed by atoms with E-state index < -0.39 is 0 Å². The summed E-state index contributed by atoms with van der Waals surface area (Å²) in [5, 5.41) is 3.47. The molecule has 1 heterocycles. The van der Waals surface area contributed by atoms with Crippen LogP contribution in [0.2, 0.25) is 0 Å². The number of thioether (sulfide) groups is 1. The van der Waals surface area contributed by atoms with Crippen LogP contribution >= 0.6 is 23.1 Å². The van der Waals surface area contributed by atoms with E-state index in [1.807, 2.05) is 11.8 Å². The molecule has 2 rings (SSSR count). The highest BCUT2D eigenvalue weighted by atomic mass is 32.2. The monoisotopic (exact) mass is 242 g/mol. The normalized spacial score (nSPS) is 18.8. The lowest BCUT2D eigenvalue weighted by atomic mass is 9.86. The molecule has 0 saturated heterocycles. The van der Waals surface area contributed by atoms with Crippen LogP contribution in [-0.4, -0.2) is 17.0 Å². The van der Waals surface area contributed by atoms with Gasteiger partial charge in [0.2, 0.25) is 0 Å². The molecule has 1 fully saturated rings. The lowest BCUT2D eigenvalue weighted by Gasteiger charge is -2.22. The molecule has 1 unspecified atom stereocenters. The van der Waals surface area contributed by atoms with Crippen molar-refractivity contribution in [3.8, 4) is 0 Å². The van der Waals surface area contributed by atoms with E-state index in [4.69, 9.17) is 5.73 Å². The largest absolute Gasteiger partial charge is 0.323 e. The Balaban J connectivity index is 1.93. The fourth-order valence-electron chi connectivity index (χ4n) is 1.71. The van der Waals surface area contributed by atoms with Crippen molar-refractivity contribution in [3.63, 3.8) is 0 Å². The Kier molecular flexibility index (Phi) is 4.05. The van der Waals surface area contributed by atoms with Gasteiger partial charge in [0, 0.05) is 17.3 Å². The third-order valence-electron chi connectivity index (χ3n) is 3.01. The topological polar surface area (TPSA) is 38.9 Å². The van der Waals surface area contributed by atoms with Gasteiger partial charge in [-0.1, -0.05) is 6.42 Å². The maximum atomic E-state index is 6.08. The number of hydrogen-bond acceptors (Lipinski definition) is 4. The van der Waals surface area contributed by atoms with Crippen molar-refractivity contribution in [3.05, 3.63) is 16.1 Å². The lowest BCUT2D eigenvalue weighted by Crippen LogP contribution is -2.13. The van der Waals surface area contributed by atoms with Crippen LogP contribution in [0.15, 0.2) is 5.38 Å². The van der Waals surface area contributed by atoms with Crippen LogP contribution in [0.1, 0.15) is 48.3 Å². The van der Waals surface area contributed by atoms with Crippen molar-refractivity contribution in [1.29, 1.82) is 0 Å². The van der Waals surface area contributed by atoms with E-state index in [1.165, 1.54) is 24.3 Å². The predicted octanol–water partition coefficient (Wildman–Crippen LogP) is 3.16. The molecule has 0 bridgehead atoms. The highest BCUT2D eigenvalue weighted by molar-refractivity contribution is 7.98. The minimum atomic E-state index is 0.141. The second-order valence-corrected chi connectivity index (χ2v) is 6.00. The number of aromatic nitrogens is 1. The SMILES string of the molecule is CSCCC(N)c1csc(C2CCC2)n1. The molecule has 2 nitrogen and oxygen atoms in total. The third kappa shape index (κ3) is 2.74. The molecule has 1 saturated carbocycles. The summed E-state index contributed by atoms with van der Waals surface area (Å²) >= 11 is 3.65. The smallest absolute Gasteiger partial charge is 0.0959 e. The quantitative estimate of drug-likeness (QED) is 0.862. The number of nitrogens with zero attached hydrogens (tertiary/aromatic N) is 1. The van der Waals surface area contributed by atoms with Crippen LogP contribution in [0, 0.1) is 0 Å². The number of nitrogens with two attached hydrogens (primary N) is 1. The van der Waals surface area contributed by atoms with Crippen LogP contribution in [0.5, 0.6) is 0 Å². The zero-order valence-electron chi connectivity index (χ0n) is 9.11. The molecule has 0 radical (unpaired) electrons. The van der Waals surface area contributed by atoms with Gasteiger partial charge < -0.3 is 5.73 Å². The first-order chi connectivity index (χ1) is 7.31. The van der Waals surface area contributed by atoms with Gasteiger partial charge in [0.25, 0.3) is 0 Å². The minimum Gasteiger partial charge on any atom is -0.323 e. The van der Waals surface area contributed by atoms with Gasteiger partial charge in [0.1, 0.15) is 0 Å². The highest BCUT2D eigenvalue weighted by Gasteiger charge is 2.23. The summed E-state index contributed by atoms with van der Waals surface area (Å²) in [6.07, 6.45) is 7.18. The van der Waals surface area contributed by atoms with Crippen LogP contribution in [-0.2, 0) is 0 Å². The average molecular weight is 242 g/mol. The molecule has 0 spiro atoms. The van der Waals surface area contributed by atoms with E-state index in [2.05, 4.69) is 16.6 Å². The van der Waals surface area contributed by atoms with E-state index in [9.17, 15) is 0 Å². The lowest BCUT2D eigenvalue weighted by molar-refractivity contribution is 0.417. The van der Waals surface area contributed by atoms with Crippen LogP contribution in [0.25, 0.3) is 0 Å². The molecule has 4 heteroatoms. The molecule has 0 amide bonds. The third-order valence-corrected chi connectivity index (χ3v) is 4.68. The summed E-state index contributed by atoms with van der Waals surface area (Å²) in [5.41, 5.74) is 7.19. The van der Waals surface area contributed by atoms with E-state index in [1.54, 1.807) is 11.3 Å². The Morgan fingerprint density at radius 1 is 1.67 bits per heavy atom. The molecular formula is C11H18N2S2. The fraction of sp³-hybridized carbons (Fsp3) is 0.727. The van der Waals surface area contributed by atoms with Crippen molar-refractivity contribution in [1.82, 2.24) is 4.98 Å². The van der Waals surface area contributed by atoms with Crippen molar-refractivity contribution in [2.75, 3.05) is 12.0 Å². The van der Waals surface area contributed by atoms with E-state index in [0.29, 0.717) is 0 Å². The molecule has 0 aliphatic heterocycles. The molecule has 2 N–H and O–H groups in total. The van der Waals surface area contributed by atoms with Crippen LogP contribution in [0.4, 0.5) is 0 Å². The molecule has 1 aliphatic rings. The Bertz CT molecular complexity index is 307. The average Bonchev–Trinajstić information content (AvgIpc) is 2.60. The van der Waals surface area contributed by atoms with Crippen molar-refractivity contribution in [2.45, 2.75) is 37.6 Å². The first kappa shape index (κ1) is 11.4. The van der Waals surface area contributed by atoms with Gasteiger partial charge in [-0.15, -0.1) is 11.3 Å². The van der Waals surface area contributed by atoms with Crippen LogP contribution in [0.3, 0.4) is 0 Å². The van der Waals surface area contributed by atoms with E-state index in [0.717, 1.165) is 23.8 Å². The van der Waals surface area contributed by atoms with E-state index >= 15 is 0 Å². The Hall–Kier alpha value is -0.0600. The summed E-state index contributed by atoms with van der Waals surface area (Å²) in [6.45, 7) is 0. The number of hydrogen-bond donors (Lipinski definition) is 1. The van der Waals surface area contributed by atoms with Gasteiger partial charge in [-0.05, 0) is 31.3 Å². The predicted molar refractivity (Wildman–Crippen MR) is 68.6 cm³/mol. The van der Waals surface area contributed by atoms with Crippen molar-refractivity contribution >= 4 is 23.1 Å². The molecule has 15 heavy (non-hydrogen) atoms. The minimum absolute atomic E-state index is 0.141. The van der Waals surface area contributed by atoms with Crippen molar-refractivity contribution in [2.24, 2.45) is 5.73 Å². The maximum Gasteiger partial charge on any atom is 0.0959 e. The number of rotatable bonds is 5. The summed E-state index contributed by atoms with van der Waals surface area (Å²) < 4.78 is 0. The van der Waals surface area contributed by atoms with Gasteiger partial charge in [0.15, 0.2) is 0 Å². The zero-order valence-corrected chi connectivity index (χ0v) is 10.7. The van der Waals surface area contributed by atoms with Crippen molar-refractivity contribution < 1.29 is 0 Å². The second-order valence-electron chi connectivity index (χ2n) is 4.13. The Morgan fingerprint density at radius 3 is 3.07 bits per heavy atom. The Morgan fingerprint density at radius 2 is 2.47 bits per heavy atom. The molecular weight excluding hydrogens is 224 g/mol. The molecule has 1 aromatic rings. The number of thiazole rings is 1. The summed E-state index contributed by atoms with van der Waals surface area (Å²) in [7, 11) is 0. The van der Waals surface area contributed by atoms with Gasteiger partial charge in [-0.2, -0.15) is 11.8 Å². The first-order valence-corrected chi connectivity index (χ1v) is 7.78. The van der Waals surface area contributed by atoms with Gasteiger partial charge >= 0.3 is 0 Å². The van der Waals surface area contributed by atoms with Gasteiger partial charge in [-0.25, -0.2) is 4.98 Å². The Labute approximate surface area is 99.7 Å². The second kappa shape index (κ2) is 5.32. The fourth-order valence-corrected chi connectivity index (χ4v) is 3.25. The summed E-state index contributed by atoms with van der Waals surface area (Å²) in [4.78, 5) is 4.67.